The molecule has 0 N–H and O–H groups in total. The highest BCUT2D eigenvalue weighted by molar-refractivity contribution is 6.33. The zero-order valence-electron chi connectivity index (χ0n) is 12.9. The van der Waals surface area contributed by atoms with Crippen LogP contribution >= 0.6 is 0 Å². The van der Waals surface area contributed by atoms with Gasteiger partial charge in [-0.25, -0.2) is 0 Å². The molecule has 0 radical (unpaired) electrons. The second-order valence-corrected chi connectivity index (χ2v) is 5.55. The summed E-state index contributed by atoms with van der Waals surface area (Å²) in [5.41, 5.74) is 4.71. The molecule has 0 aliphatic carbocycles. The van der Waals surface area contributed by atoms with E-state index in [1.807, 2.05) is 18.3 Å². The molecule has 0 spiro atoms. The van der Waals surface area contributed by atoms with Crippen molar-refractivity contribution in [2.24, 2.45) is 9.98 Å². The van der Waals surface area contributed by atoms with Crippen LogP contribution in [0.4, 0.5) is 11.4 Å². The van der Waals surface area contributed by atoms with E-state index in [1.165, 1.54) is 11.3 Å². The molecular weight excluding hydrogens is 270 g/mol. The molecular formula is C19H21N3. The molecule has 0 saturated heterocycles. The Hall–Kier alpha value is -2.42. The Kier molecular flexibility index (Phi) is 4.64. The van der Waals surface area contributed by atoms with Crippen LogP contribution in [-0.4, -0.2) is 32.1 Å². The van der Waals surface area contributed by atoms with E-state index >= 15 is 0 Å². The van der Waals surface area contributed by atoms with Crippen LogP contribution in [0.15, 0.2) is 64.6 Å². The van der Waals surface area contributed by atoms with Crippen molar-refractivity contribution < 1.29 is 0 Å². The number of nitrogens with zero attached hydrogens (tertiary/aromatic N) is 3. The highest BCUT2D eigenvalue weighted by atomic mass is 15.1. The smallest absolute Gasteiger partial charge is 0.0669 e. The van der Waals surface area contributed by atoms with Crippen LogP contribution in [0.1, 0.15) is 12.0 Å². The van der Waals surface area contributed by atoms with Gasteiger partial charge in [-0.2, -0.15) is 0 Å². The van der Waals surface area contributed by atoms with Crippen LogP contribution in [0.5, 0.6) is 0 Å². The summed E-state index contributed by atoms with van der Waals surface area (Å²) in [6, 6.07) is 18.7. The highest BCUT2D eigenvalue weighted by Crippen LogP contribution is 2.25. The van der Waals surface area contributed by atoms with Gasteiger partial charge in [-0.3, -0.25) is 9.98 Å². The third kappa shape index (κ3) is 3.61. The average molecular weight is 291 g/mol. The predicted molar refractivity (Wildman–Crippen MR) is 94.9 cm³/mol. The summed E-state index contributed by atoms with van der Waals surface area (Å²) in [6.45, 7) is 1.85. The summed E-state index contributed by atoms with van der Waals surface area (Å²) in [5, 5.41) is 0. The Balaban J connectivity index is 1.43. The Bertz CT molecular complexity index is 674. The fourth-order valence-electron chi connectivity index (χ4n) is 2.61. The van der Waals surface area contributed by atoms with E-state index in [1.54, 1.807) is 0 Å². The molecule has 0 amide bonds. The van der Waals surface area contributed by atoms with E-state index in [0.29, 0.717) is 0 Å². The van der Waals surface area contributed by atoms with Crippen molar-refractivity contribution in [3.05, 3.63) is 60.2 Å². The van der Waals surface area contributed by atoms with Gasteiger partial charge in [-0.1, -0.05) is 36.4 Å². The van der Waals surface area contributed by atoms with E-state index in [0.717, 1.165) is 37.3 Å². The number of para-hydroxylation sites is 2. The van der Waals surface area contributed by atoms with Crippen LogP contribution in [0.25, 0.3) is 0 Å². The first-order valence-electron chi connectivity index (χ1n) is 7.74. The number of anilines is 1. The lowest BCUT2D eigenvalue weighted by atomic mass is 10.1. The normalized spacial score (nSPS) is 13.2. The number of rotatable bonds is 6. The summed E-state index contributed by atoms with van der Waals surface area (Å²) in [6.07, 6.45) is 3.88. The van der Waals surface area contributed by atoms with Crippen LogP contribution in [0.3, 0.4) is 0 Å². The number of aliphatic imine (C=N–C) groups is 2. The first kappa shape index (κ1) is 14.5. The standard InChI is InChI=1S/C19H21N3/c1-22(18-9-3-2-4-10-18)13-7-12-20-15-17-14-16-8-5-6-11-19(16)21-17/h2-6,8-11,15H,7,12-14H2,1H3. The number of fused-ring (bicyclic) bond motifs is 1. The molecule has 22 heavy (non-hydrogen) atoms. The van der Waals surface area contributed by atoms with Gasteiger partial charge in [0.2, 0.25) is 0 Å². The molecule has 0 fully saturated rings. The zero-order chi connectivity index (χ0) is 15.2. The molecule has 0 aromatic heterocycles. The van der Waals surface area contributed by atoms with Crippen LogP contribution in [-0.2, 0) is 6.42 Å². The van der Waals surface area contributed by atoms with Crippen molar-refractivity contribution in [2.75, 3.05) is 25.0 Å². The van der Waals surface area contributed by atoms with Gasteiger partial charge in [0.15, 0.2) is 0 Å². The minimum atomic E-state index is 0.840. The molecule has 2 aromatic rings. The fraction of sp³-hybridized carbons (Fsp3) is 0.263. The van der Waals surface area contributed by atoms with E-state index in [2.05, 4.69) is 64.4 Å². The lowest BCUT2D eigenvalue weighted by Crippen LogP contribution is -2.19. The zero-order valence-corrected chi connectivity index (χ0v) is 12.9. The van der Waals surface area contributed by atoms with Gasteiger partial charge < -0.3 is 4.90 Å². The van der Waals surface area contributed by atoms with Gasteiger partial charge in [0.1, 0.15) is 0 Å². The Morgan fingerprint density at radius 1 is 1.09 bits per heavy atom. The van der Waals surface area contributed by atoms with Crippen LogP contribution in [0, 0.1) is 0 Å². The van der Waals surface area contributed by atoms with Crippen molar-refractivity contribution in [2.45, 2.75) is 12.8 Å². The van der Waals surface area contributed by atoms with Gasteiger partial charge in [-0.05, 0) is 30.2 Å². The first-order chi connectivity index (χ1) is 10.8. The lowest BCUT2D eigenvalue weighted by Gasteiger charge is -2.18. The van der Waals surface area contributed by atoms with Crippen molar-refractivity contribution in [1.29, 1.82) is 0 Å². The molecule has 1 heterocycles. The Morgan fingerprint density at radius 3 is 2.68 bits per heavy atom. The van der Waals surface area contributed by atoms with Crippen molar-refractivity contribution in [3.8, 4) is 0 Å². The lowest BCUT2D eigenvalue weighted by molar-refractivity contribution is 0.798. The topological polar surface area (TPSA) is 28.0 Å². The molecule has 3 heteroatoms. The monoisotopic (exact) mass is 291 g/mol. The Labute approximate surface area is 132 Å². The molecule has 0 unspecified atom stereocenters. The maximum atomic E-state index is 4.59. The molecule has 1 aliphatic heterocycles. The number of hydrogen-bond donors (Lipinski definition) is 0. The van der Waals surface area contributed by atoms with E-state index in [-0.39, 0.29) is 0 Å². The van der Waals surface area contributed by atoms with E-state index in [4.69, 9.17) is 0 Å². The third-order valence-electron chi connectivity index (χ3n) is 3.85. The van der Waals surface area contributed by atoms with Crippen molar-refractivity contribution >= 4 is 23.3 Å². The summed E-state index contributed by atoms with van der Waals surface area (Å²) in [4.78, 5) is 11.4. The van der Waals surface area contributed by atoms with Gasteiger partial charge in [0, 0.05) is 38.5 Å². The number of hydrogen-bond acceptors (Lipinski definition) is 3. The summed E-state index contributed by atoms with van der Waals surface area (Å²) in [5.74, 6) is 0. The number of benzene rings is 2. The van der Waals surface area contributed by atoms with Gasteiger partial charge >= 0.3 is 0 Å². The molecule has 2 aromatic carbocycles. The molecule has 0 atom stereocenters. The van der Waals surface area contributed by atoms with Gasteiger partial charge in [0.25, 0.3) is 0 Å². The van der Waals surface area contributed by atoms with Crippen molar-refractivity contribution in [1.82, 2.24) is 0 Å². The highest BCUT2D eigenvalue weighted by Gasteiger charge is 2.11. The second kappa shape index (κ2) is 7.03. The second-order valence-electron chi connectivity index (χ2n) is 5.55. The summed E-state index contributed by atoms with van der Waals surface area (Å²) < 4.78 is 0. The summed E-state index contributed by atoms with van der Waals surface area (Å²) >= 11 is 0. The predicted octanol–water partition coefficient (Wildman–Crippen LogP) is 3.91. The van der Waals surface area contributed by atoms with Crippen LogP contribution in [0.2, 0.25) is 0 Å². The molecule has 0 saturated carbocycles. The molecule has 3 nitrogen and oxygen atoms in total. The summed E-state index contributed by atoms with van der Waals surface area (Å²) in [7, 11) is 2.12. The SMILES string of the molecule is CN(CCCN=CC1=Nc2ccccc2C1)c1ccccc1. The molecule has 0 bridgehead atoms. The van der Waals surface area contributed by atoms with E-state index in [9.17, 15) is 0 Å². The van der Waals surface area contributed by atoms with Gasteiger partial charge in [0.05, 0.1) is 11.4 Å². The quantitative estimate of drug-likeness (QED) is 0.586. The molecule has 1 aliphatic rings. The minimum absolute atomic E-state index is 0.840. The molecule has 112 valence electrons. The minimum Gasteiger partial charge on any atom is -0.375 e. The maximum absolute atomic E-state index is 4.59. The van der Waals surface area contributed by atoms with Crippen LogP contribution < -0.4 is 4.90 Å². The average Bonchev–Trinajstić information content (AvgIpc) is 2.98. The maximum Gasteiger partial charge on any atom is 0.0669 e. The van der Waals surface area contributed by atoms with Crippen molar-refractivity contribution in [3.63, 3.8) is 0 Å². The largest absolute Gasteiger partial charge is 0.375 e. The van der Waals surface area contributed by atoms with Gasteiger partial charge in [-0.15, -0.1) is 0 Å². The fourth-order valence-corrected chi connectivity index (χ4v) is 2.61. The molecule has 3 rings (SSSR count). The third-order valence-corrected chi connectivity index (χ3v) is 3.85. The Morgan fingerprint density at radius 2 is 1.86 bits per heavy atom. The first-order valence-corrected chi connectivity index (χ1v) is 7.74. The van der Waals surface area contributed by atoms with E-state index < -0.39 is 0 Å².